The van der Waals surface area contributed by atoms with Crippen molar-refractivity contribution in [3.05, 3.63) is 51.3 Å². The topological polar surface area (TPSA) is 17.1 Å². The SMILES string of the molecule is CC(C)(C)C1=C2CCCC3=C=C(C=C3)CCCC2=C(C(C)(C)C)C1=O. The van der Waals surface area contributed by atoms with Crippen molar-refractivity contribution in [2.24, 2.45) is 10.8 Å². The Hall–Kier alpha value is -1.59. The van der Waals surface area contributed by atoms with Crippen molar-refractivity contribution < 1.29 is 4.79 Å². The Morgan fingerprint density at radius 3 is 1.48 bits per heavy atom. The van der Waals surface area contributed by atoms with Crippen LogP contribution in [0.5, 0.6) is 0 Å². The highest BCUT2D eigenvalue weighted by atomic mass is 16.1. The third-order valence-corrected chi connectivity index (χ3v) is 5.47. The molecule has 3 aliphatic carbocycles. The summed E-state index contributed by atoms with van der Waals surface area (Å²) in [5.41, 5.74) is 11.0. The van der Waals surface area contributed by atoms with Crippen LogP contribution in [0.1, 0.15) is 80.1 Å². The number of hydrogen-bond donors (Lipinski definition) is 0. The zero-order valence-corrected chi connectivity index (χ0v) is 16.8. The molecule has 0 fully saturated rings. The summed E-state index contributed by atoms with van der Waals surface area (Å²) in [5.74, 6) is 0.321. The average Bonchev–Trinajstić information content (AvgIpc) is 2.99. The number of rotatable bonds is 0. The highest BCUT2D eigenvalue weighted by Gasteiger charge is 2.41. The van der Waals surface area contributed by atoms with Gasteiger partial charge in [0.05, 0.1) is 0 Å². The van der Waals surface area contributed by atoms with Gasteiger partial charge in [-0.15, -0.1) is 5.73 Å². The maximum atomic E-state index is 13.4. The van der Waals surface area contributed by atoms with E-state index < -0.39 is 0 Å². The Morgan fingerprint density at radius 1 is 0.720 bits per heavy atom. The van der Waals surface area contributed by atoms with E-state index in [2.05, 4.69) is 59.4 Å². The first kappa shape index (κ1) is 18.2. The van der Waals surface area contributed by atoms with Crippen LogP contribution < -0.4 is 0 Å². The zero-order chi connectivity index (χ0) is 18.4. The molecule has 0 radical (unpaired) electrons. The Morgan fingerprint density at radius 2 is 1.12 bits per heavy atom. The van der Waals surface area contributed by atoms with Crippen molar-refractivity contribution >= 4 is 5.78 Å². The Balaban J connectivity index is 2.07. The summed E-state index contributed by atoms with van der Waals surface area (Å²) in [6, 6.07) is 0. The molecule has 3 aliphatic rings. The predicted molar refractivity (Wildman–Crippen MR) is 105 cm³/mol. The molecule has 0 saturated carbocycles. The lowest BCUT2D eigenvalue weighted by molar-refractivity contribution is -0.113. The number of carbonyl (C=O) groups excluding carboxylic acids is 1. The normalized spacial score (nSPS) is 22.1. The minimum atomic E-state index is -0.0934. The molecule has 0 spiro atoms. The summed E-state index contributed by atoms with van der Waals surface area (Å²) in [5, 5.41) is 0. The number of carbonyl (C=O) groups is 1. The maximum Gasteiger partial charge on any atom is 0.186 e. The molecular formula is C24H32O. The van der Waals surface area contributed by atoms with Crippen molar-refractivity contribution in [2.45, 2.75) is 80.1 Å². The van der Waals surface area contributed by atoms with Crippen LogP contribution in [0.3, 0.4) is 0 Å². The summed E-state index contributed by atoms with van der Waals surface area (Å²) in [6.07, 6.45) is 10.8. The molecule has 1 nitrogen and oxygen atoms in total. The van der Waals surface area contributed by atoms with Crippen molar-refractivity contribution in [3.63, 3.8) is 0 Å². The van der Waals surface area contributed by atoms with Gasteiger partial charge >= 0.3 is 0 Å². The fourth-order valence-corrected chi connectivity index (χ4v) is 4.53. The van der Waals surface area contributed by atoms with Gasteiger partial charge in [-0.25, -0.2) is 0 Å². The molecular weight excluding hydrogens is 304 g/mol. The third-order valence-electron chi connectivity index (χ3n) is 5.47. The lowest BCUT2D eigenvalue weighted by Crippen LogP contribution is -2.23. The summed E-state index contributed by atoms with van der Waals surface area (Å²) >= 11 is 0. The monoisotopic (exact) mass is 336 g/mol. The fraction of sp³-hybridized carbons (Fsp3) is 0.583. The second-order valence-corrected chi connectivity index (χ2v) is 9.75. The van der Waals surface area contributed by atoms with Crippen LogP contribution in [0.15, 0.2) is 51.3 Å². The molecule has 0 aromatic carbocycles. The van der Waals surface area contributed by atoms with E-state index in [4.69, 9.17) is 0 Å². The molecule has 0 saturated heterocycles. The Labute approximate surface area is 153 Å². The van der Waals surface area contributed by atoms with E-state index in [0.29, 0.717) is 5.78 Å². The molecule has 0 aromatic rings. The molecule has 0 N–H and O–H groups in total. The molecule has 0 aromatic heterocycles. The maximum absolute atomic E-state index is 13.4. The molecule has 25 heavy (non-hydrogen) atoms. The first-order valence-corrected chi connectivity index (χ1v) is 9.78. The molecule has 0 amide bonds. The van der Waals surface area contributed by atoms with Crippen LogP contribution in [0.4, 0.5) is 0 Å². The van der Waals surface area contributed by atoms with Gasteiger partial charge in [0.15, 0.2) is 5.78 Å². The molecule has 0 heterocycles. The van der Waals surface area contributed by atoms with E-state index in [0.717, 1.165) is 49.7 Å². The van der Waals surface area contributed by atoms with Gasteiger partial charge < -0.3 is 0 Å². The van der Waals surface area contributed by atoms with Gasteiger partial charge in [-0.3, -0.25) is 4.79 Å². The van der Waals surface area contributed by atoms with Gasteiger partial charge in [-0.1, -0.05) is 53.7 Å². The van der Waals surface area contributed by atoms with E-state index >= 15 is 0 Å². The minimum absolute atomic E-state index is 0.0934. The molecule has 0 aliphatic heterocycles. The summed E-state index contributed by atoms with van der Waals surface area (Å²) in [7, 11) is 0. The van der Waals surface area contributed by atoms with Crippen LogP contribution in [0, 0.1) is 10.8 Å². The van der Waals surface area contributed by atoms with Gasteiger partial charge in [0.25, 0.3) is 0 Å². The van der Waals surface area contributed by atoms with Crippen molar-refractivity contribution in [3.8, 4) is 0 Å². The Bertz CT molecular complexity index is 700. The zero-order valence-electron chi connectivity index (χ0n) is 16.8. The quantitative estimate of drug-likeness (QED) is 0.454. The number of ketones is 1. The van der Waals surface area contributed by atoms with Crippen LogP contribution in [-0.4, -0.2) is 5.78 Å². The lowest BCUT2D eigenvalue weighted by Gasteiger charge is -2.25. The third kappa shape index (κ3) is 3.53. The van der Waals surface area contributed by atoms with Crippen LogP contribution in [-0.2, 0) is 4.79 Å². The van der Waals surface area contributed by atoms with E-state index in [1.54, 1.807) is 0 Å². The first-order chi connectivity index (χ1) is 11.6. The van der Waals surface area contributed by atoms with Crippen molar-refractivity contribution in [2.75, 3.05) is 0 Å². The number of Topliss-reactive ketones (excluding diaryl/α,β-unsaturated/α-hetero) is 1. The molecule has 3 rings (SSSR count). The summed E-state index contributed by atoms with van der Waals surface area (Å²) in [4.78, 5) is 13.4. The molecule has 0 atom stereocenters. The summed E-state index contributed by atoms with van der Waals surface area (Å²) in [6.45, 7) is 13.2. The van der Waals surface area contributed by atoms with Gasteiger partial charge in [0.2, 0.25) is 0 Å². The van der Waals surface area contributed by atoms with Gasteiger partial charge in [0, 0.05) is 11.1 Å². The van der Waals surface area contributed by atoms with Gasteiger partial charge in [-0.2, -0.15) is 0 Å². The number of fused-ring (bicyclic) bond motifs is 1. The molecule has 2 bridgehead atoms. The number of hydrogen-bond acceptors (Lipinski definition) is 1. The first-order valence-electron chi connectivity index (χ1n) is 9.78. The summed E-state index contributed by atoms with van der Waals surface area (Å²) < 4.78 is 0. The smallest absolute Gasteiger partial charge is 0.186 e. The highest BCUT2D eigenvalue weighted by molar-refractivity contribution is 6.14. The van der Waals surface area contributed by atoms with Crippen LogP contribution in [0.25, 0.3) is 0 Å². The van der Waals surface area contributed by atoms with Gasteiger partial charge in [0.1, 0.15) is 0 Å². The standard InChI is InChI=1S/C24H32O/c1-23(2,3)20-18-11-7-9-16-13-14-17(15-16)10-8-12-19(18)21(22(20)25)24(4,5)6/h13-14H,7-12H2,1-6H3. The minimum Gasteiger partial charge on any atom is -0.289 e. The van der Waals surface area contributed by atoms with E-state index in [1.807, 2.05) is 0 Å². The van der Waals surface area contributed by atoms with E-state index in [9.17, 15) is 4.79 Å². The highest BCUT2D eigenvalue weighted by Crippen LogP contribution is 2.48. The van der Waals surface area contributed by atoms with Crippen molar-refractivity contribution in [1.82, 2.24) is 0 Å². The molecule has 0 unspecified atom stereocenters. The fourth-order valence-electron chi connectivity index (χ4n) is 4.53. The van der Waals surface area contributed by atoms with Crippen LogP contribution in [0.2, 0.25) is 0 Å². The number of allylic oxidation sites excluding steroid dienone is 7. The second kappa shape index (κ2) is 6.29. The predicted octanol–water partition coefficient (Wildman–Crippen LogP) is 6.63. The molecule has 1 heteroatoms. The second-order valence-electron chi connectivity index (χ2n) is 9.75. The van der Waals surface area contributed by atoms with E-state index in [1.165, 1.54) is 22.3 Å². The van der Waals surface area contributed by atoms with E-state index in [-0.39, 0.29) is 10.8 Å². The van der Waals surface area contributed by atoms with Gasteiger partial charge in [-0.05, 0) is 71.6 Å². The lowest BCUT2D eigenvalue weighted by atomic mass is 9.78. The molecule has 134 valence electrons. The van der Waals surface area contributed by atoms with Crippen LogP contribution >= 0.6 is 0 Å². The van der Waals surface area contributed by atoms with Crippen molar-refractivity contribution in [1.29, 1.82) is 0 Å². The average molecular weight is 337 g/mol. The largest absolute Gasteiger partial charge is 0.289 e. The Kier molecular flexibility index (Phi) is 4.58.